The van der Waals surface area contributed by atoms with E-state index in [1.165, 1.54) is 18.2 Å². The first-order chi connectivity index (χ1) is 13.1. The largest absolute Gasteiger partial charge is 0.271 e. The van der Waals surface area contributed by atoms with Gasteiger partial charge in [-0.25, -0.2) is 13.8 Å². The molecular formula is C17H17BrN4O5S. The zero-order valence-electron chi connectivity index (χ0n) is 15.0. The van der Waals surface area contributed by atoms with Crippen LogP contribution in [0.3, 0.4) is 0 Å². The summed E-state index contributed by atoms with van der Waals surface area (Å²) in [6.45, 7) is 1.12. The maximum absolute atomic E-state index is 12.2. The quantitative estimate of drug-likeness (QED) is 0.380. The molecule has 0 unspecified atom stereocenters. The molecule has 0 atom stereocenters. The summed E-state index contributed by atoms with van der Waals surface area (Å²) in [5.74, 6) is -0.689. The van der Waals surface area contributed by atoms with Gasteiger partial charge in [0.2, 0.25) is 10.0 Å². The van der Waals surface area contributed by atoms with Crippen LogP contribution in [0, 0.1) is 10.1 Å². The molecule has 0 aliphatic rings. The number of non-ortho nitro benzene ring substituents is 1. The molecule has 0 heterocycles. The number of nitrogens with zero attached hydrogens (tertiary/aromatic N) is 3. The Morgan fingerprint density at radius 2 is 1.93 bits per heavy atom. The third-order valence-corrected chi connectivity index (χ3v) is 5.24. The number of benzene rings is 2. The van der Waals surface area contributed by atoms with Crippen LogP contribution in [-0.4, -0.2) is 37.8 Å². The van der Waals surface area contributed by atoms with Crippen molar-refractivity contribution in [3.05, 3.63) is 68.7 Å². The maximum Gasteiger partial charge on any atom is 0.271 e. The van der Waals surface area contributed by atoms with Crippen molar-refractivity contribution >= 4 is 48.9 Å². The van der Waals surface area contributed by atoms with Crippen LogP contribution in [-0.2, 0) is 14.8 Å². The molecular weight excluding hydrogens is 452 g/mol. The Bertz CT molecular complexity index is 1040. The summed E-state index contributed by atoms with van der Waals surface area (Å²) in [6, 6.07) is 12.3. The first-order valence-electron chi connectivity index (χ1n) is 7.89. The molecule has 1 amide bonds. The predicted molar refractivity (Wildman–Crippen MR) is 110 cm³/mol. The van der Waals surface area contributed by atoms with Gasteiger partial charge in [-0.15, -0.1) is 0 Å². The summed E-state index contributed by atoms with van der Waals surface area (Å²) in [5.41, 5.74) is 3.33. The number of hydrogen-bond donors (Lipinski definition) is 1. The van der Waals surface area contributed by atoms with E-state index in [0.29, 0.717) is 5.71 Å². The topological polar surface area (TPSA) is 122 Å². The minimum absolute atomic E-state index is 0.0135. The van der Waals surface area contributed by atoms with E-state index < -0.39 is 27.4 Å². The molecule has 148 valence electrons. The molecule has 1 N–H and O–H groups in total. The first kappa shape index (κ1) is 21.5. The molecule has 0 aliphatic heterocycles. The summed E-state index contributed by atoms with van der Waals surface area (Å²) in [4.78, 5) is 22.5. The highest BCUT2D eigenvalue weighted by Crippen LogP contribution is 2.22. The second-order valence-corrected chi connectivity index (χ2v) is 8.61. The van der Waals surface area contributed by atoms with E-state index in [-0.39, 0.29) is 11.4 Å². The highest BCUT2D eigenvalue weighted by Gasteiger charge is 2.22. The molecule has 2 rings (SSSR count). The van der Waals surface area contributed by atoms with Crippen LogP contribution in [0.5, 0.6) is 0 Å². The number of halogens is 1. The van der Waals surface area contributed by atoms with E-state index in [4.69, 9.17) is 0 Å². The zero-order chi connectivity index (χ0) is 20.9. The number of amides is 1. The summed E-state index contributed by atoms with van der Waals surface area (Å²) in [5, 5.41) is 14.9. The lowest BCUT2D eigenvalue weighted by Crippen LogP contribution is -2.39. The number of anilines is 1. The lowest BCUT2D eigenvalue weighted by Gasteiger charge is -2.21. The Labute approximate surface area is 170 Å². The van der Waals surface area contributed by atoms with Crippen LogP contribution >= 0.6 is 15.9 Å². The third-order valence-electron chi connectivity index (χ3n) is 3.61. The molecule has 11 heteroatoms. The van der Waals surface area contributed by atoms with Crippen LogP contribution < -0.4 is 9.73 Å². The zero-order valence-corrected chi connectivity index (χ0v) is 17.4. The number of carbonyl (C=O) groups is 1. The van der Waals surface area contributed by atoms with E-state index in [1.54, 1.807) is 6.92 Å². The highest BCUT2D eigenvalue weighted by molar-refractivity contribution is 9.10. The normalized spacial score (nSPS) is 11.8. The van der Waals surface area contributed by atoms with Crippen molar-refractivity contribution in [3.63, 3.8) is 0 Å². The molecule has 9 nitrogen and oxygen atoms in total. The fourth-order valence-corrected chi connectivity index (χ4v) is 3.50. The van der Waals surface area contributed by atoms with Crippen molar-refractivity contribution in [1.29, 1.82) is 0 Å². The molecule has 0 fully saturated rings. The molecule has 0 spiro atoms. The van der Waals surface area contributed by atoms with Crippen molar-refractivity contribution < 1.29 is 18.1 Å². The van der Waals surface area contributed by atoms with Crippen LogP contribution in [0.2, 0.25) is 0 Å². The van der Waals surface area contributed by atoms with Crippen molar-refractivity contribution in [2.75, 3.05) is 17.1 Å². The van der Waals surface area contributed by atoms with Gasteiger partial charge in [0.15, 0.2) is 0 Å². The van der Waals surface area contributed by atoms with Gasteiger partial charge in [-0.2, -0.15) is 5.10 Å². The Morgan fingerprint density at radius 3 is 2.54 bits per heavy atom. The summed E-state index contributed by atoms with van der Waals surface area (Å²) in [6.07, 6.45) is 0.912. The van der Waals surface area contributed by atoms with Crippen molar-refractivity contribution in [2.45, 2.75) is 6.92 Å². The standard InChI is InChI=1S/C17H17BrN4O5S/c1-12(13-5-3-6-14(18)9-13)19-20-17(23)11-21(28(2,26)27)15-7-4-8-16(10-15)22(24)25/h3-10H,11H2,1-2H3,(H,20,23)/b19-12-. The molecule has 0 saturated heterocycles. The number of sulfonamides is 1. The lowest BCUT2D eigenvalue weighted by molar-refractivity contribution is -0.384. The Hall–Kier alpha value is -2.79. The van der Waals surface area contributed by atoms with Gasteiger partial charge in [0.25, 0.3) is 11.6 Å². The van der Waals surface area contributed by atoms with Gasteiger partial charge in [0, 0.05) is 16.6 Å². The van der Waals surface area contributed by atoms with Crippen molar-refractivity contribution in [2.24, 2.45) is 5.10 Å². The predicted octanol–water partition coefficient (Wildman–Crippen LogP) is 2.66. The first-order valence-corrected chi connectivity index (χ1v) is 10.5. The molecule has 0 radical (unpaired) electrons. The molecule has 2 aromatic carbocycles. The molecule has 2 aromatic rings. The van der Waals surface area contributed by atoms with Gasteiger partial charge in [-0.1, -0.05) is 34.1 Å². The van der Waals surface area contributed by atoms with Crippen LogP contribution in [0.25, 0.3) is 0 Å². The molecule has 0 saturated carbocycles. The molecule has 0 aromatic heterocycles. The second-order valence-electron chi connectivity index (χ2n) is 5.79. The number of rotatable bonds is 7. The highest BCUT2D eigenvalue weighted by atomic mass is 79.9. The number of nitro benzene ring substituents is 1. The van der Waals surface area contributed by atoms with Crippen LogP contribution in [0.15, 0.2) is 58.1 Å². The second kappa shape index (κ2) is 8.93. The minimum atomic E-state index is -3.86. The summed E-state index contributed by atoms with van der Waals surface area (Å²) < 4.78 is 25.8. The monoisotopic (exact) mass is 468 g/mol. The van der Waals surface area contributed by atoms with E-state index in [2.05, 4.69) is 26.5 Å². The number of hydrazone groups is 1. The summed E-state index contributed by atoms with van der Waals surface area (Å²) >= 11 is 3.34. The Balaban J connectivity index is 2.19. The van der Waals surface area contributed by atoms with Gasteiger partial charge in [-0.05, 0) is 30.7 Å². The average molecular weight is 469 g/mol. The number of hydrogen-bond acceptors (Lipinski definition) is 6. The van der Waals surface area contributed by atoms with Gasteiger partial charge in [0.1, 0.15) is 6.54 Å². The average Bonchev–Trinajstić information content (AvgIpc) is 2.63. The van der Waals surface area contributed by atoms with E-state index in [0.717, 1.165) is 26.7 Å². The van der Waals surface area contributed by atoms with Gasteiger partial charge in [0.05, 0.1) is 22.6 Å². The smallest absolute Gasteiger partial charge is 0.271 e. The fraction of sp³-hybridized carbons (Fsp3) is 0.176. The fourth-order valence-electron chi connectivity index (χ4n) is 2.25. The van der Waals surface area contributed by atoms with Gasteiger partial charge >= 0.3 is 0 Å². The Morgan fingerprint density at radius 1 is 1.25 bits per heavy atom. The van der Waals surface area contributed by atoms with Gasteiger partial charge in [-0.3, -0.25) is 19.2 Å². The minimum Gasteiger partial charge on any atom is -0.271 e. The maximum atomic E-state index is 12.2. The third kappa shape index (κ3) is 5.86. The van der Waals surface area contributed by atoms with E-state index in [9.17, 15) is 23.3 Å². The lowest BCUT2D eigenvalue weighted by atomic mass is 10.1. The SMILES string of the molecule is C/C(=N/NC(=O)CN(c1cccc([N+](=O)[O-])c1)S(C)(=O)=O)c1cccc(Br)c1. The summed E-state index contributed by atoms with van der Waals surface area (Å²) in [7, 11) is -3.86. The van der Waals surface area contributed by atoms with Crippen molar-refractivity contribution in [3.8, 4) is 0 Å². The van der Waals surface area contributed by atoms with Gasteiger partial charge < -0.3 is 0 Å². The number of carbonyl (C=O) groups excluding carboxylic acids is 1. The Kier molecular flexibility index (Phi) is 6.86. The van der Waals surface area contributed by atoms with Crippen LogP contribution in [0.4, 0.5) is 11.4 Å². The van der Waals surface area contributed by atoms with E-state index in [1.807, 2.05) is 24.3 Å². The van der Waals surface area contributed by atoms with Crippen molar-refractivity contribution in [1.82, 2.24) is 5.43 Å². The molecule has 0 aliphatic carbocycles. The molecule has 28 heavy (non-hydrogen) atoms. The van der Waals surface area contributed by atoms with E-state index >= 15 is 0 Å². The molecule has 0 bridgehead atoms. The van der Waals surface area contributed by atoms with Crippen LogP contribution in [0.1, 0.15) is 12.5 Å². The number of nitro groups is 1. The number of nitrogens with one attached hydrogen (secondary N) is 1.